The first-order chi connectivity index (χ1) is 13.4. The lowest BCUT2D eigenvalue weighted by Gasteiger charge is -2.26. The second-order valence-corrected chi connectivity index (χ2v) is 7.86. The van der Waals surface area contributed by atoms with Crippen molar-refractivity contribution in [1.29, 1.82) is 0 Å². The van der Waals surface area contributed by atoms with Gasteiger partial charge in [0.25, 0.3) is 5.56 Å². The second kappa shape index (κ2) is 8.53. The SMILES string of the molecule is CN(C(=O)CSCc1cc(=O)n2ccsc2n1)C(C(N)=O)c1cccc(F)c1. The first-order valence-corrected chi connectivity index (χ1v) is 10.2. The Balaban J connectivity index is 1.65. The third kappa shape index (κ3) is 4.39. The number of nitrogens with zero attached hydrogens (tertiary/aromatic N) is 3. The topological polar surface area (TPSA) is 97.8 Å². The monoisotopic (exact) mass is 420 g/mol. The molecule has 0 aliphatic carbocycles. The second-order valence-electron chi connectivity index (χ2n) is 6.00. The van der Waals surface area contributed by atoms with E-state index in [9.17, 15) is 18.8 Å². The molecule has 10 heteroatoms. The number of carbonyl (C=O) groups is 2. The molecule has 7 nitrogen and oxygen atoms in total. The summed E-state index contributed by atoms with van der Waals surface area (Å²) >= 11 is 2.62. The predicted octanol–water partition coefficient (Wildman–Crippen LogP) is 1.81. The van der Waals surface area contributed by atoms with Gasteiger partial charge >= 0.3 is 0 Å². The molecule has 0 saturated carbocycles. The van der Waals surface area contributed by atoms with Gasteiger partial charge in [-0.2, -0.15) is 0 Å². The van der Waals surface area contributed by atoms with Crippen LogP contribution in [-0.2, 0) is 15.3 Å². The zero-order valence-corrected chi connectivity index (χ0v) is 16.5. The molecule has 1 atom stereocenters. The molecular weight excluding hydrogens is 403 g/mol. The van der Waals surface area contributed by atoms with Gasteiger partial charge in [0.05, 0.1) is 11.4 Å². The minimum Gasteiger partial charge on any atom is -0.368 e. The number of benzene rings is 1. The van der Waals surface area contributed by atoms with E-state index in [0.717, 1.165) is 0 Å². The number of thiazole rings is 1. The highest BCUT2D eigenvalue weighted by molar-refractivity contribution is 7.99. The number of hydrogen-bond acceptors (Lipinski definition) is 6. The molecular formula is C18H17FN4O3S2. The van der Waals surface area contributed by atoms with Crippen LogP contribution >= 0.6 is 23.1 Å². The molecule has 3 rings (SSSR count). The molecule has 0 fully saturated rings. The van der Waals surface area contributed by atoms with E-state index in [0.29, 0.717) is 22.0 Å². The Labute approximate surface area is 168 Å². The van der Waals surface area contributed by atoms with Crippen LogP contribution < -0.4 is 11.3 Å². The zero-order chi connectivity index (χ0) is 20.3. The summed E-state index contributed by atoms with van der Waals surface area (Å²) in [5, 5.41) is 1.77. The summed E-state index contributed by atoms with van der Waals surface area (Å²) in [6.45, 7) is 0. The molecule has 1 aromatic carbocycles. The highest BCUT2D eigenvalue weighted by Gasteiger charge is 2.26. The number of nitrogens with two attached hydrogens (primary N) is 1. The van der Waals surface area contributed by atoms with Crippen molar-refractivity contribution in [1.82, 2.24) is 14.3 Å². The molecule has 0 bridgehead atoms. The van der Waals surface area contributed by atoms with Crippen LogP contribution in [0.1, 0.15) is 17.3 Å². The Bertz CT molecular complexity index is 1080. The number of halogens is 1. The Kier molecular flexibility index (Phi) is 6.10. The van der Waals surface area contributed by atoms with Crippen LogP contribution in [0.25, 0.3) is 4.96 Å². The number of rotatable bonds is 7. The highest BCUT2D eigenvalue weighted by atomic mass is 32.2. The highest BCUT2D eigenvalue weighted by Crippen LogP contribution is 2.21. The third-order valence-electron chi connectivity index (χ3n) is 4.05. The van der Waals surface area contributed by atoms with E-state index >= 15 is 0 Å². The summed E-state index contributed by atoms with van der Waals surface area (Å²) in [5.74, 6) is -1.18. The lowest BCUT2D eigenvalue weighted by molar-refractivity contribution is -0.136. The van der Waals surface area contributed by atoms with E-state index in [1.807, 2.05) is 0 Å². The number of likely N-dealkylation sites (N-methyl/N-ethyl adjacent to an activating group) is 1. The minimum atomic E-state index is -1.06. The number of thioether (sulfide) groups is 1. The zero-order valence-electron chi connectivity index (χ0n) is 14.9. The molecule has 2 heterocycles. The van der Waals surface area contributed by atoms with Gasteiger partial charge in [-0.3, -0.25) is 18.8 Å². The van der Waals surface area contributed by atoms with Gasteiger partial charge in [-0.25, -0.2) is 9.37 Å². The normalized spacial score (nSPS) is 12.1. The standard InChI is InChI=1S/C18H17FN4O3S2/c1-22(16(17(20)26)11-3-2-4-12(19)7-11)15(25)10-27-9-13-8-14(24)23-5-6-28-18(23)21-13/h2-8,16H,9-10H2,1H3,(H2,20,26). The maximum atomic E-state index is 13.5. The van der Waals surface area contributed by atoms with Gasteiger partial charge < -0.3 is 10.6 Å². The van der Waals surface area contributed by atoms with Crippen LogP contribution in [0.3, 0.4) is 0 Å². The molecule has 0 radical (unpaired) electrons. The summed E-state index contributed by atoms with van der Waals surface area (Å²) in [6, 6.07) is 5.80. The Morgan fingerprint density at radius 1 is 1.39 bits per heavy atom. The summed E-state index contributed by atoms with van der Waals surface area (Å²) in [5.41, 5.74) is 6.14. The average Bonchev–Trinajstić information content (AvgIpc) is 3.10. The number of fused-ring (bicyclic) bond motifs is 1. The molecule has 3 aromatic rings. The number of amides is 2. The lowest BCUT2D eigenvalue weighted by atomic mass is 10.0. The minimum absolute atomic E-state index is 0.0566. The van der Waals surface area contributed by atoms with Crippen LogP contribution in [0.4, 0.5) is 4.39 Å². The molecule has 0 spiro atoms. The van der Waals surface area contributed by atoms with Crippen molar-refractivity contribution in [3.05, 3.63) is 69.3 Å². The lowest BCUT2D eigenvalue weighted by Crippen LogP contribution is -2.40. The van der Waals surface area contributed by atoms with E-state index < -0.39 is 17.8 Å². The molecule has 28 heavy (non-hydrogen) atoms. The fraction of sp³-hybridized carbons (Fsp3) is 0.222. The molecule has 0 aliphatic heterocycles. The van der Waals surface area contributed by atoms with Gasteiger partial charge in [0.2, 0.25) is 11.8 Å². The molecule has 2 N–H and O–H groups in total. The fourth-order valence-corrected chi connectivity index (χ4v) is 4.28. The first kappa shape index (κ1) is 20.0. The van der Waals surface area contributed by atoms with E-state index in [1.165, 1.54) is 63.7 Å². The number of hydrogen-bond donors (Lipinski definition) is 1. The van der Waals surface area contributed by atoms with E-state index in [-0.39, 0.29) is 17.2 Å². The predicted molar refractivity (Wildman–Crippen MR) is 107 cm³/mol. The maximum Gasteiger partial charge on any atom is 0.258 e. The van der Waals surface area contributed by atoms with Gasteiger partial charge in [0.1, 0.15) is 11.9 Å². The Hall–Kier alpha value is -2.72. The summed E-state index contributed by atoms with van der Waals surface area (Å²) in [7, 11) is 1.45. The van der Waals surface area contributed by atoms with Crippen molar-refractivity contribution in [3.8, 4) is 0 Å². The van der Waals surface area contributed by atoms with Crippen molar-refractivity contribution in [2.24, 2.45) is 5.73 Å². The maximum absolute atomic E-state index is 13.5. The van der Waals surface area contributed by atoms with E-state index in [2.05, 4.69) is 4.98 Å². The summed E-state index contributed by atoms with van der Waals surface area (Å²) < 4.78 is 14.9. The Morgan fingerprint density at radius 2 is 2.18 bits per heavy atom. The number of aromatic nitrogens is 2. The van der Waals surface area contributed by atoms with Crippen LogP contribution in [0, 0.1) is 5.82 Å². The summed E-state index contributed by atoms with van der Waals surface area (Å²) in [4.78, 5) is 42.5. The van der Waals surface area contributed by atoms with Crippen molar-refractivity contribution >= 4 is 39.9 Å². The third-order valence-corrected chi connectivity index (χ3v) is 5.75. The molecule has 2 amide bonds. The first-order valence-electron chi connectivity index (χ1n) is 8.21. The van der Waals surface area contributed by atoms with Gasteiger partial charge in [-0.1, -0.05) is 12.1 Å². The molecule has 2 aromatic heterocycles. The van der Waals surface area contributed by atoms with Gasteiger partial charge in [-0.15, -0.1) is 23.1 Å². The molecule has 146 valence electrons. The van der Waals surface area contributed by atoms with Gasteiger partial charge in [-0.05, 0) is 17.7 Å². The smallest absolute Gasteiger partial charge is 0.258 e. The Morgan fingerprint density at radius 3 is 2.89 bits per heavy atom. The van der Waals surface area contributed by atoms with Crippen molar-refractivity contribution in [2.45, 2.75) is 11.8 Å². The van der Waals surface area contributed by atoms with Crippen LogP contribution in [-0.4, -0.2) is 38.9 Å². The van der Waals surface area contributed by atoms with Crippen LogP contribution in [0.15, 0.2) is 46.7 Å². The van der Waals surface area contributed by atoms with Crippen molar-refractivity contribution < 1.29 is 14.0 Å². The quantitative estimate of drug-likeness (QED) is 0.629. The van der Waals surface area contributed by atoms with Gasteiger partial charge in [0.15, 0.2) is 4.96 Å². The van der Waals surface area contributed by atoms with E-state index in [4.69, 9.17) is 5.73 Å². The molecule has 1 unspecified atom stereocenters. The number of primary amides is 1. The number of carbonyl (C=O) groups excluding carboxylic acids is 2. The van der Waals surface area contributed by atoms with E-state index in [1.54, 1.807) is 17.6 Å². The van der Waals surface area contributed by atoms with Crippen molar-refractivity contribution in [2.75, 3.05) is 12.8 Å². The van der Waals surface area contributed by atoms with Crippen molar-refractivity contribution in [3.63, 3.8) is 0 Å². The van der Waals surface area contributed by atoms with Gasteiger partial charge in [0, 0.05) is 30.4 Å². The largest absolute Gasteiger partial charge is 0.368 e. The molecule has 0 aliphatic rings. The summed E-state index contributed by atoms with van der Waals surface area (Å²) in [6.07, 6.45) is 1.65. The fourth-order valence-electron chi connectivity index (χ4n) is 2.71. The average molecular weight is 420 g/mol. The molecule has 0 saturated heterocycles. The van der Waals surface area contributed by atoms with Crippen LogP contribution in [0.2, 0.25) is 0 Å². The van der Waals surface area contributed by atoms with Crippen LogP contribution in [0.5, 0.6) is 0 Å².